The predicted molar refractivity (Wildman–Crippen MR) is 122 cm³/mol. The first kappa shape index (κ1) is 22.7. The van der Waals surface area contributed by atoms with Crippen LogP contribution in [0.1, 0.15) is 26.8 Å². The number of carbonyl (C=O) groups is 2. The zero-order valence-electron chi connectivity index (χ0n) is 17.9. The van der Waals surface area contributed by atoms with Crippen molar-refractivity contribution in [2.45, 2.75) is 12.6 Å². The second-order valence-corrected chi connectivity index (χ2v) is 8.40. The van der Waals surface area contributed by atoms with Crippen LogP contribution in [0, 0.1) is 5.82 Å². The molecular formula is C25H22FNO5S. The van der Waals surface area contributed by atoms with Gasteiger partial charge in [-0.25, -0.2) is 4.39 Å². The van der Waals surface area contributed by atoms with Gasteiger partial charge in [-0.15, -0.1) is 11.3 Å². The molecule has 4 rings (SSSR count). The molecule has 0 saturated carbocycles. The van der Waals surface area contributed by atoms with E-state index in [4.69, 9.17) is 9.47 Å². The fraction of sp³-hybridized carbons (Fsp3) is 0.200. The van der Waals surface area contributed by atoms with Gasteiger partial charge in [-0.2, -0.15) is 0 Å². The van der Waals surface area contributed by atoms with Crippen LogP contribution in [0.4, 0.5) is 4.39 Å². The number of rotatable bonds is 9. The van der Waals surface area contributed by atoms with E-state index in [1.165, 1.54) is 35.5 Å². The normalized spacial score (nSPS) is 15.9. The van der Waals surface area contributed by atoms with Crippen LogP contribution < -0.4 is 4.74 Å². The number of benzene rings is 2. The second-order valence-electron chi connectivity index (χ2n) is 7.45. The summed E-state index contributed by atoms with van der Waals surface area (Å²) in [5, 5.41) is 12.4. The summed E-state index contributed by atoms with van der Waals surface area (Å²) in [7, 11) is 1.52. The highest BCUT2D eigenvalue weighted by Gasteiger charge is 2.43. The number of aliphatic hydroxyl groups excluding tert-OH is 1. The van der Waals surface area contributed by atoms with Crippen molar-refractivity contribution >= 4 is 23.0 Å². The van der Waals surface area contributed by atoms with Crippen molar-refractivity contribution < 1.29 is 28.6 Å². The van der Waals surface area contributed by atoms with Gasteiger partial charge in [-0.1, -0.05) is 30.3 Å². The zero-order chi connectivity index (χ0) is 23.4. The Morgan fingerprint density at radius 3 is 2.64 bits per heavy atom. The summed E-state index contributed by atoms with van der Waals surface area (Å²) in [6.45, 7) is 0.672. The topological polar surface area (TPSA) is 76.1 Å². The van der Waals surface area contributed by atoms with Crippen molar-refractivity contribution in [2.24, 2.45) is 0 Å². The lowest BCUT2D eigenvalue weighted by Gasteiger charge is -2.26. The van der Waals surface area contributed by atoms with Crippen molar-refractivity contribution in [1.29, 1.82) is 0 Å². The molecule has 6 nitrogen and oxygen atoms in total. The summed E-state index contributed by atoms with van der Waals surface area (Å²) in [6, 6.07) is 15.7. The molecule has 0 bridgehead atoms. The SMILES string of the molecule is COCCN1C(=O)C(O)=C(C(=O)c2cccs2)C1c1cccc(OCc2ccc(F)cc2)c1. The lowest BCUT2D eigenvalue weighted by molar-refractivity contribution is -0.130. The highest BCUT2D eigenvalue weighted by molar-refractivity contribution is 7.12. The number of carbonyl (C=O) groups excluding carboxylic acids is 2. The minimum Gasteiger partial charge on any atom is -0.503 e. The number of halogens is 1. The maximum atomic E-state index is 13.2. The highest BCUT2D eigenvalue weighted by atomic mass is 32.1. The molecule has 0 spiro atoms. The van der Waals surface area contributed by atoms with Gasteiger partial charge >= 0.3 is 0 Å². The quantitative estimate of drug-likeness (QED) is 0.462. The first-order valence-corrected chi connectivity index (χ1v) is 11.2. The molecular weight excluding hydrogens is 445 g/mol. The Morgan fingerprint density at radius 1 is 1.15 bits per heavy atom. The number of ketones is 1. The largest absolute Gasteiger partial charge is 0.503 e. The Bertz CT molecular complexity index is 1170. The van der Waals surface area contributed by atoms with Gasteiger partial charge in [0.2, 0.25) is 5.78 Å². The molecule has 1 N–H and O–H groups in total. The van der Waals surface area contributed by atoms with Crippen LogP contribution >= 0.6 is 11.3 Å². The van der Waals surface area contributed by atoms with E-state index in [1.54, 1.807) is 53.9 Å². The molecule has 0 saturated heterocycles. The van der Waals surface area contributed by atoms with E-state index in [-0.39, 0.29) is 31.1 Å². The number of methoxy groups -OCH3 is 1. The molecule has 0 aliphatic carbocycles. The second kappa shape index (κ2) is 9.97. The third-order valence-electron chi connectivity index (χ3n) is 5.32. The van der Waals surface area contributed by atoms with Gasteiger partial charge in [0.15, 0.2) is 5.76 Å². The molecule has 8 heteroatoms. The van der Waals surface area contributed by atoms with Gasteiger partial charge in [-0.05, 0) is 46.8 Å². The summed E-state index contributed by atoms with van der Waals surface area (Å²) in [5.41, 5.74) is 1.46. The molecule has 1 aliphatic heterocycles. The van der Waals surface area contributed by atoms with Crippen LogP contribution in [0.3, 0.4) is 0 Å². The summed E-state index contributed by atoms with van der Waals surface area (Å²) in [6.07, 6.45) is 0. The lowest BCUT2D eigenvalue weighted by atomic mass is 9.95. The molecule has 1 unspecified atom stereocenters. The molecule has 2 aromatic carbocycles. The summed E-state index contributed by atoms with van der Waals surface area (Å²) in [5.74, 6) is -1.36. The van der Waals surface area contributed by atoms with Gasteiger partial charge in [0.25, 0.3) is 5.91 Å². The summed E-state index contributed by atoms with van der Waals surface area (Å²) < 4.78 is 24.1. The van der Waals surface area contributed by atoms with Crippen LogP contribution in [-0.4, -0.2) is 42.0 Å². The van der Waals surface area contributed by atoms with Gasteiger partial charge < -0.3 is 19.5 Å². The third kappa shape index (κ3) is 4.81. The van der Waals surface area contributed by atoms with Crippen LogP contribution in [0.15, 0.2) is 77.4 Å². The molecule has 1 atom stereocenters. The van der Waals surface area contributed by atoms with Crippen molar-refractivity contribution in [3.05, 3.63) is 99.2 Å². The standard InChI is InChI=1S/C25H22FNO5S/c1-31-12-11-27-22(21(24(29)25(27)30)23(28)20-6-3-13-33-20)17-4-2-5-19(14-17)32-15-16-7-9-18(26)10-8-16/h2-10,13-14,22,29H,11-12,15H2,1H3. The molecule has 3 aromatic rings. The first-order chi connectivity index (χ1) is 16.0. The minimum atomic E-state index is -0.781. The Kier molecular flexibility index (Phi) is 6.86. The number of amides is 1. The minimum absolute atomic E-state index is 0.0363. The number of ether oxygens (including phenoxy) is 2. The van der Waals surface area contributed by atoms with E-state index in [0.717, 1.165) is 5.56 Å². The van der Waals surface area contributed by atoms with Gasteiger partial charge in [0.05, 0.1) is 23.1 Å². The van der Waals surface area contributed by atoms with E-state index in [0.29, 0.717) is 16.2 Å². The number of Topliss-reactive ketones (excluding diaryl/α,β-unsaturated/α-hetero) is 1. The Hall–Kier alpha value is -3.49. The summed E-state index contributed by atoms with van der Waals surface area (Å²) in [4.78, 5) is 27.9. The molecule has 1 aliphatic rings. The van der Waals surface area contributed by atoms with Crippen molar-refractivity contribution in [2.75, 3.05) is 20.3 Å². The van der Waals surface area contributed by atoms with Crippen LogP contribution in [-0.2, 0) is 16.1 Å². The van der Waals surface area contributed by atoms with E-state index >= 15 is 0 Å². The number of nitrogens with zero attached hydrogens (tertiary/aromatic N) is 1. The van der Waals surface area contributed by atoms with Gasteiger partial charge in [0.1, 0.15) is 18.2 Å². The van der Waals surface area contributed by atoms with Crippen molar-refractivity contribution in [3.63, 3.8) is 0 Å². The fourth-order valence-corrected chi connectivity index (χ4v) is 4.39. The molecule has 2 heterocycles. The van der Waals surface area contributed by atoms with Gasteiger partial charge in [0, 0.05) is 13.7 Å². The van der Waals surface area contributed by atoms with Crippen LogP contribution in [0.25, 0.3) is 0 Å². The summed E-state index contributed by atoms with van der Waals surface area (Å²) >= 11 is 1.25. The molecule has 1 aromatic heterocycles. The first-order valence-electron chi connectivity index (χ1n) is 10.3. The number of thiophene rings is 1. The number of hydrogen-bond donors (Lipinski definition) is 1. The molecule has 170 valence electrons. The number of aliphatic hydroxyl groups is 1. The van der Waals surface area contributed by atoms with Crippen LogP contribution in [0.5, 0.6) is 5.75 Å². The monoisotopic (exact) mass is 467 g/mol. The maximum absolute atomic E-state index is 13.2. The van der Waals surface area contributed by atoms with Crippen molar-refractivity contribution in [1.82, 2.24) is 4.90 Å². The van der Waals surface area contributed by atoms with Gasteiger partial charge in [-0.3, -0.25) is 9.59 Å². The van der Waals surface area contributed by atoms with E-state index in [9.17, 15) is 19.1 Å². The Balaban J connectivity index is 1.65. The maximum Gasteiger partial charge on any atom is 0.290 e. The Morgan fingerprint density at radius 2 is 1.94 bits per heavy atom. The number of hydrogen-bond acceptors (Lipinski definition) is 6. The van der Waals surface area contributed by atoms with E-state index in [1.807, 2.05) is 0 Å². The molecule has 0 radical (unpaired) electrons. The Labute approximate surface area is 194 Å². The van der Waals surface area contributed by atoms with E-state index < -0.39 is 23.5 Å². The molecule has 33 heavy (non-hydrogen) atoms. The lowest BCUT2D eigenvalue weighted by Crippen LogP contribution is -2.34. The average Bonchev–Trinajstić information content (AvgIpc) is 3.45. The third-order valence-corrected chi connectivity index (χ3v) is 6.19. The predicted octanol–water partition coefficient (Wildman–Crippen LogP) is 4.69. The zero-order valence-corrected chi connectivity index (χ0v) is 18.7. The van der Waals surface area contributed by atoms with Crippen LogP contribution in [0.2, 0.25) is 0 Å². The van der Waals surface area contributed by atoms with Crippen molar-refractivity contribution in [3.8, 4) is 5.75 Å². The van der Waals surface area contributed by atoms with E-state index in [2.05, 4.69) is 0 Å². The fourth-order valence-electron chi connectivity index (χ4n) is 3.71. The smallest absolute Gasteiger partial charge is 0.290 e. The average molecular weight is 468 g/mol. The molecule has 0 fully saturated rings. The molecule has 1 amide bonds. The highest BCUT2D eigenvalue weighted by Crippen LogP contribution is 2.40.